The van der Waals surface area contributed by atoms with Crippen LogP contribution in [0.25, 0.3) is 0 Å². The van der Waals surface area contributed by atoms with Crippen molar-refractivity contribution in [1.29, 1.82) is 0 Å². The second-order valence-electron chi connectivity index (χ2n) is 6.56. The molecule has 1 aromatic carbocycles. The fourth-order valence-electron chi connectivity index (χ4n) is 3.40. The molecule has 1 fully saturated rings. The van der Waals surface area contributed by atoms with Crippen molar-refractivity contribution in [3.8, 4) is 5.75 Å². The predicted molar refractivity (Wildman–Crippen MR) is 92.1 cm³/mol. The average Bonchev–Trinajstić information content (AvgIpc) is 2.58. The summed E-state index contributed by atoms with van der Waals surface area (Å²) in [5.74, 6) is 0.0868. The Labute approximate surface area is 142 Å². The summed E-state index contributed by atoms with van der Waals surface area (Å²) < 4.78 is 5.88. The van der Waals surface area contributed by atoms with Crippen LogP contribution in [0.4, 0.5) is 0 Å². The maximum atomic E-state index is 12.8. The number of hydrogen-bond donors (Lipinski definition) is 2. The standard InChI is InChI=1S/C19H24N2O3/c1-12-8-9-16-14(10-12)17(22)15(11-20-2)18(24-16)19(23)21-13-6-4-3-5-7-13/h8-11,13,18,20H,3-7H2,1-2H3,(H,21,23)/b15-11+. The third kappa shape index (κ3) is 3.30. The second kappa shape index (κ2) is 7.07. The number of carbonyl (C=O) groups excluding carboxylic acids is 2. The van der Waals surface area contributed by atoms with E-state index in [0.717, 1.165) is 31.2 Å². The van der Waals surface area contributed by atoms with Crippen LogP contribution in [0.15, 0.2) is 30.0 Å². The number of ketones is 1. The molecule has 0 bridgehead atoms. The number of amides is 1. The molecule has 3 rings (SSSR count). The third-order valence-corrected chi connectivity index (χ3v) is 4.66. The summed E-state index contributed by atoms with van der Waals surface area (Å²) >= 11 is 0. The van der Waals surface area contributed by atoms with Crippen molar-refractivity contribution in [2.45, 2.75) is 51.2 Å². The fourth-order valence-corrected chi connectivity index (χ4v) is 3.40. The zero-order valence-corrected chi connectivity index (χ0v) is 14.2. The highest BCUT2D eigenvalue weighted by atomic mass is 16.5. The molecule has 2 aliphatic rings. The highest BCUT2D eigenvalue weighted by molar-refractivity contribution is 6.15. The summed E-state index contributed by atoms with van der Waals surface area (Å²) in [6.07, 6.45) is 6.15. The van der Waals surface area contributed by atoms with E-state index in [4.69, 9.17) is 4.74 Å². The van der Waals surface area contributed by atoms with Crippen LogP contribution < -0.4 is 15.4 Å². The second-order valence-corrected chi connectivity index (χ2v) is 6.56. The number of rotatable bonds is 3. The Morgan fingerprint density at radius 2 is 2.00 bits per heavy atom. The van der Waals surface area contributed by atoms with Gasteiger partial charge < -0.3 is 15.4 Å². The molecule has 5 nitrogen and oxygen atoms in total. The zero-order valence-electron chi connectivity index (χ0n) is 14.2. The fraction of sp³-hybridized carbons (Fsp3) is 0.474. The Hall–Kier alpha value is -2.30. The smallest absolute Gasteiger partial charge is 0.266 e. The summed E-state index contributed by atoms with van der Waals surface area (Å²) in [5, 5.41) is 5.91. The van der Waals surface area contributed by atoms with Gasteiger partial charge in [-0.3, -0.25) is 9.59 Å². The van der Waals surface area contributed by atoms with Crippen molar-refractivity contribution in [2.24, 2.45) is 0 Å². The Kier molecular flexibility index (Phi) is 4.88. The van der Waals surface area contributed by atoms with E-state index < -0.39 is 6.10 Å². The van der Waals surface area contributed by atoms with Crippen molar-refractivity contribution in [2.75, 3.05) is 7.05 Å². The monoisotopic (exact) mass is 328 g/mol. The Morgan fingerprint density at radius 1 is 1.25 bits per heavy atom. The van der Waals surface area contributed by atoms with Crippen LogP contribution in [-0.4, -0.2) is 30.9 Å². The molecule has 128 valence electrons. The molecule has 1 amide bonds. The molecule has 1 aliphatic heterocycles. The Morgan fingerprint density at radius 3 is 2.71 bits per heavy atom. The topological polar surface area (TPSA) is 67.4 Å². The van der Waals surface area contributed by atoms with Crippen LogP contribution in [0.2, 0.25) is 0 Å². The molecule has 1 heterocycles. The van der Waals surface area contributed by atoms with Gasteiger partial charge in [-0.1, -0.05) is 30.9 Å². The first-order chi connectivity index (χ1) is 11.6. The van der Waals surface area contributed by atoms with Crippen molar-refractivity contribution >= 4 is 11.7 Å². The number of fused-ring (bicyclic) bond motifs is 1. The summed E-state index contributed by atoms with van der Waals surface area (Å²) in [4.78, 5) is 25.5. The molecular weight excluding hydrogens is 304 g/mol. The molecule has 1 saturated carbocycles. The normalized spacial score (nSPS) is 22.7. The number of hydrogen-bond acceptors (Lipinski definition) is 4. The molecule has 1 atom stereocenters. The van der Waals surface area contributed by atoms with E-state index in [1.807, 2.05) is 13.0 Å². The third-order valence-electron chi connectivity index (χ3n) is 4.66. The minimum atomic E-state index is -0.901. The van der Waals surface area contributed by atoms with Crippen molar-refractivity contribution in [3.05, 3.63) is 41.1 Å². The molecule has 1 unspecified atom stereocenters. The number of aryl methyl sites for hydroxylation is 1. The molecular formula is C19H24N2O3. The van der Waals surface area contributed by atoms with E-state index in [9.17, 15) is 9.59 Å². The summed E-state index contributed by atoms with van der Waals surface area (Å²) in [7, 11) is 1.71. The molecule has 0 spiro atoms. The van der Waals surface area contributed by atoms with Gasteiger partial charge in [0.05, 0.1) is 11.1 Å². The highest BCUT2D eigenvalue weighted by Crippen LogP contribution is 2.31. The van der Waals surface area contributed by atoms with Crippen molar-refractivity contribution < 1.29 is 14.3 Å². The minimum absolute atomic E-state index is 0.155. The van der Waals surface area contributed by atoms with Gasteiger partial charge in [0, 0.05) is 19.3 Å². The molecule has 1 aliphatic carbocycles. The lowest BCUT2D eigenvalue weighted by molar-refractivity contribution is -0.127. The van der Waals surface area contributed by atoms with Gasteiger partial charge in [0.2, 0.25) is 6.10 Å². The maximum absolute atomic E-state index is 12.8. The average molecular weight is 328 g/mol. The summed E-state index contributed by atoms with van der Waals surface area (Å²) in [6, 6.07) is 5.63. The van der Waals surface area contributed by atoms with Crippen LogP contribution in [0.1, 0.15) is 48.0 Å². The maximum Gasteiger partial charge on any atom is 0.266 e. The Balaban J connectivity index is 1.85. The SMILES string of the molecule is CN/C=C1\C(=O)c2cc(C)ccc2OC1C(=O)NC1CCCCC1. The number of carbonyl (C=O) groups is 2. The van der Waals surface area contributed by atoms with E-state index >= 15 is 0 Å². The molecule has 24 heavy (non-hydrogen) atoms. The highest BCUT2D eigenvalue weighted by Gasteiger charge is 2.37. The van der Waals surface area contributed by atoms with E-state index in [2.05, 4.69) is 10.6 Å². The molecule has 2 N–H and O–H groups in total. The van der Waals surface area contributed by atoms with Gasteiger partial charge in [0.1, 0.15) is 5.75 Å². The van der Waals surface area contributed by atoms with Gasteiger partial charge in [-0.2, -0.15) is 0 Å². The van der Waals surface area contributed by atoms with E-state index in [-0.39, 0.29) is 17.7 Å². The van der Waals surface area contributed by atoms with E-state index in [1.165, 1.54) is 6.42 Å². The molecule has 0 radical (unpaired) electrons. The summed E-state index contributed by atoms with van der Waals surface area (Å²) in [5.41, 5.74) is 1.85. The van der Waals surface area contributed by atoms with E-state index in [1.54, 1.807) is 25.4 Å². The van der Waals surface area contributed by atoms with Gasteiger partial charge >= 0.3 is 0 Å². The lowest BCUT2D eigenvalue weighted by atomic mass is 9.92. The van der Waals surface area contributed by atoms with Crippen LogP contribution in [0.5, 0.6) is 5.75 Å². The van der Waals surface area contributed by atoms with Crippen LogP contribution >= 0.6 is 0 Å². The largest absolute Gasteiger partial charge is 0.475 e. The Bertz CT molecular complexity index is 675. The lowest BCUT2D eigenvalue weighted by Gasteiger charge is -2.30. The first-order valence-electron chi connectivity index (χ1n) is 8.60. The lowest BCUT2D eigenvalue weighted by Crippen LogP contribution is -2.48. The van der Waals surface area contributed by atoms with E-state index in [0.29, 0.717) is 16.9 Å². The summed E-state index contributed by atoms with van der Waals surface area (Å²) in [6.45, 7) is 1.93. The van der Waals surface area contributed by atoms with Crippen molar-refractivity contribution in [3.63, 3.8) is 0 Å². The number of ether oxygens (including phenoxy) is 1. The van der Waals surface area contributed by atoms with Crippen molar-refractivity contribution in [1.82, 2.24) is 10.6 Å². The van der Waals surface area contributed by atoms with Gasteiger partial charge in [0.25, 0.3) is 5.91 Å². The number of benzene rings is 1. The molecule has 0 aromatic heterocycles. The zero-order chi connectivity index (χ0) is 17.1. The van der Waals surface area contributed by atoms with Crippen LogP contribution in [0.3, 0.4) is 0 Å². The molecule has 0 saturated heterocycles. The van der Waals surface area contributed by atoms with Gasteiger partial charge in [-0.15, -0.1) is 0 Å². The first kappa shape index (κ1) is 16.6. The van der Waals surface area contributed by atoms with Gasteiger partial charge in [0.15, 0.2) is 5.78 Å². The van der Waals surface area contributed by atoms with Gasteiger partial charge in [-0.25, -0.2) is 0 Å². The number of Topliss-reactive ketones (excluding diaryl/α,β-unsaturated/α-hetero) is 1. The molecule has 5 heteroatoms. The molecule has 1 aromatic rings. The quantitative estimate of drug-likeness (QED) is 0.837. The number of nitrogens with one attached hydrogen (secondary N) is 2. The van der Waals surface area contributed by atoms with Gasteiger partial charge in [-0.05, 0) is 31.9 Å². The first-order valence-corrected chi connectivity index (χ1v) is 8.60. The van der Waals surface area contributed by atoms with Crippen LogP contribution in [-0.2, 0) is 4.79 Å². The minimum Gasteiger partial charge on any atom is -0.475 e. The van der Waals surface area contributed by atoms with Crippen LogP contribution in [0, 0.1) is 6.92 Å². The predicted octanol–water partition coefficient (Wildman–Crippen LogP) is 2.49.